The first-order valence-electron chi connectivity index (χ1n) is 8.67. The van der Waals surface area contributed by atoms with Crippen molar-refractivity contribution >= 4 is 20.8 Å². The lowest BCUT2D eigenvalue weighted by Crippen LogP contribution is -2.43. The Hall–Kier alpha value is -2.18. The Balaban J connectivity index is 1.87. The number of halogens is 1. The van der Waals surface area contributed by atoms with Crippen molar-refractivity contribution in [2.75, 3.05) is 6.54 Å². The molecule has 0 bridgehead atoms. The van der Waals surface area contributed by atoms with Crippen LogP contribution in [0.15, 0.2) is 56.7 Å². The van der Waals surface area contributed by atoms with E-state index in [1.807, 2.05) is 0 Å². The van der Waals surface area contributed by atoms with Gasteiger partial charge in [0.05, 0.1) is 15.3 Å². The molecule has 1 aliphatic rings. The van der Waals surface area contributed by atoms with Crippen LogP contribution in [0.4, 0.5) is 4.39 Å². The summed E-state index contributed by atoms with van der Waals surface area (Å²) in [6.45, 7) is 5.04. The van der Waals surface area contributed by atoms with Crippen LogP contribution in [0.25, 0.3) is 11.0 Å². The van der Waals surface area contributed by atoms with Crippen LogP contribution in [0.3, 0.4) is 0 Å². The summed E-state index contributed by atoms with van der Waals surface area (Å²) in [5.41, 5.74) is 1.43. The largest absolute Gasteiger partial charge is 0.459 e. The van der Waals surface area contributed by atoms with Crippen molar-refractivity contribution in [1.29, 1.82) is 0 Å². The predicted octanol–water partition coefficient (Wildman–Crippen LogP) is 4.18. The highest BCUT2D eigenvalue weighted by atomic mass is 32.2. The topological polar surface area (TPSA) is 59.3 Å². The molecule has 1 aliphatic heterocycles. The second kappa shape index (κ2) is 5.93. The van der Waals surface area contributed by atoms with Gasteiger partial charge in [0, 0.05) is 23.6 Å². The lowest BCUT2D eigenvalue weighted by Gasteiger charge is -2.32. The van der Waals surface area contributed by atoms with Crippen LogP contribution in [0.5, 0.6) is 0 Å². The van der Waals surface area contributed by atoms with E-state index in [0.717, 1.165) is 42.2 Å². The zero-order valence-electron chi connectivity index (χ0n) is 14.7. The molecular formula is C20H20FNO3S. The molecule has 1 atom stereocenters. The molecule has 0 aliphatic carbocycles. The highest BCUT2D eigenvalue weighted by Gasteiger charge is 2.35. The van der Waals surface area contributed by atoms with Crippen LogP contribution in [-0.4, -0.2) is 15.0 Å². The Labute approximate surface area is 151 Å². The average molecular weight is 373 g/mol. The number of benzene rings is 2. The monoisotopic (exact) mass is 373 g/mol. The van der Waals surface area contributed by atoms with Gasteiger partial charge in [0.2, 0.25) is 9.84 Å². The predicted molar refractivity (Wildman–Crippen MR) is 97.4 cm³/mol. The summed E-state index contributed by atoms with van der Waals surface area (Å²) < 4.78 is 45.2. The van der Waals surface area contributed by atoms with Gasteiger partial charge in [-0.2, -0.15) is 0 Å². The summed E-state index contributed by atoms with van der Waals surface area (Å²) in [6, 6.07) is 9.96. The molecule has 2 aromatic carbocycles. The maximum atomic E-state index is 13.5. The van der Waals surface area contributed by atoms with Crippen molar-refractivity contribution < 1.29 is 17.2 Å². The van der Waals surface area contributed by atoms with Crippen molar-refractivity contribution in [2.45, 2.75) is 42.0 Å². The Morgan fingerprint density at radius 1 is 1.19 bits per heavy atom. The molecule has 1 unspecified atom stereocenters. The van der Waals surface area contributed by atoms with Crippen LogP contribution in [0.2, 0.25) is 0 Å². The number of fused-ring (bicyclic) bond motifs is 3. The summed E-state index contributed by atoms with van der Waals surface area (Å²) in [7, 11) is -3.80. The molecule has 2 heterocycles. The summed E-state index contributed by atoms with van der Waals surface area (Å²) in [5, 5.41) is 4.43. The third-order valence-electron chi connectivity index (χ3n) is 5.28. The zero-order valence-corrected chi connectivity index (χ0v) is 15.5. The molecule has 0 radical (unpaired) electrons. The van der Waals surface area contributed by atoms with Crippen molar-refractivity contribution in [2.24, 2.45) is 0 Å². The van der Waals surface area contributed by atoms with E-state index in [2.05, 4.69) is 19.2 Å². The van der Waals surface area contributed by atoms with Crippen LogP contribution in [0.1, 0.15) is 31.6 Å². The molecule has 6 heteroatoms. The molecule has 1 aromatic heterocycles. The first-order valence-corrected chi connectivity index (χ1v) is 10.1. The third kappa shape index (κ3) is 2.56. The van der Waals surface area contributed by atoms with Gasteiger partial charge in [0.15, 0.2) is 0 Å². The molecule has 0 saturated carbocycles. The van der Waals surface area contributed by atoms with E-state index in [1.165, 1.54) is 18.2 Å². The minimum absolute atomic E-state index is 0.0618. The molecule has 0 spiro atoms. The van der Waals surface area contributed by atoms with Crippen LogP contribution >= 0.6 is 0 Å². The van der Waals surface area contributed by atoms with Gasteiger partial charge in [-0.05, 0) is 50.1 Å². The lowest BCUT2D eigenvalue weighted by atomic mass is 9.87. The van der Waals surface area contributed by atoms with Gasteiger partial charge in [-0.25, -0.2) is 12.8 Å². The summed E-state index contributed by atoms with van der Waals surface area (Å²) in [5.74, 6) is 0.298. The van der Waals surface area contributed by atoms with Gasteiger partial charge in [0.25, 0.3) is 0 Å². The van der Waals surface area contributed by atoms with E-state index in [4.69, 9.17) is 4.42 Å². The Morgan fingerprint density at radius 2 is 1.96 bits per heavy atom. The maximum Gasteiger partial charge on any atom is 0.206 e. The van der Waals surface area contributed by atoms with Crippen molar-refractivity contribution in [3.63, 3.8) is 0 Å². The van der Waals surface area contributed by atoms with E-state index < -0.39 is 15.7 Å². The van der Waals surface area contributed by atoms with E-state index >= 15 is 0 Å². The van der Waals surface area contributed by atoms with E-state index in [1.54, 1.807) is 18.2 Å². The quantitative estimate of drug-likeness (QED) is 0.748. The van der Waals surface area contributed by atoms with E-state index in [0.29, 0.717) is 5.58 Å². The molecule has 0 fully saturated rings. The number of hydrogen-bond donors (Lipinski definition) is 1. The van der Waals surface area contributed by atoms with Gasteiger partial charge in [-0.3, -0.25) is 0 Å². The third-order valence-corrected chi connectivity index (χ3v) is 7.03. The fourth-order valence-corrected chi connectivity index (χ4v) is 4.90. The maximum absolute atomic E-state index is 13.5. The molecule has 4 nitrogen and oxygen atoms in total. The van der Waals surface area contributed by atoms with E-state index in [9.17, 15) is 12.8 Å². The molecule has 0 amide bonds. The van der Waals surface area contributed by atoms with Gasteiger partial charge < -0.3 is 9.73 Å². The van der Waals surface area contributed by atoms with Crippen LogP contribution in [-0.2, 0) is 21.8 Å². The highest BCUT2D eigenvalue weighted by Crippen LogP contribution is 2.39. The van der Waals surface area contributed by atoms with Crippen molar-refractivity contribution in [1.82, 2.24) is 5.32 Å². The average Bonchev–Trinajstić information content (AvgIpc) is 3.01. The smallest absolute Gasteiger partial charge is 0.206 e. The second-order valence-electron chi connectivity index (χ2n) is 6.89. The van der Waals surface area contributed by atoms with Crippen molar-refractivity contribution in [3.05, 3.63) is 59.6 Å². The Morgan fingerprint density at radius 3 is 2.69 bits per heavy atom. The SMILES string of the molecule is CCC1(C)NCCc2c1oc1cc(S(=O)(=O)c3cccc(F)c3)ccc21. The van der Waals surface area contributed by atoms with Gasteiger partial charge in [-0.15, -0.1) is 0 Å². The standard InChI is InChI=1S/C20H20FNO3S/c1-3-20(2)19-17(9-10-22-20)16-8-7-15(12-18(16)25-19)26(23,24)14-6-4-5-13(21)11-14/h4-8,11-12,22H,3,9-10H2,1-2H3. The summed E-state index contributed by atoms with van der Waals surface area (Å²) >= 11 is 0. The number of hydrogen-bond acceptors (Lipinski definition) is 4. The fraction of sp³-hybridized carbons (Fsp3) is 0.300. The Bertz CT molecular complexity index is 1100. The first-order chi connectivity index (χ1) is 12.3. The number of nitrogens with one attached hydrogen (secondary N) is 1. The lowest BCUT2D eigenvalue weighted by molar-refractivity contribution is 0.275. The van der Waals surface area contributed by atoms with Crippen LogP contribution < -0.4 is 5.32 Å². The summed E-state index contributed by atoms with van der Waals surface area (Å²) in [6.07, 6.45) is 1.71. The van der Waals surface area contributed by atoms with Crippen LogP contribution in [0, 0.1) is 5.82 Å². The molecule has 0 saturated heterocycles. The normalized spacial score (nSPS) is 20.3. The van der Waals surface area contributed by atoms with E-state index in [-0.39, 0.29) is 15.3 Å². The number of rotatable bonds is 3. The zero-order chi connectivity index (χ0) is 18.5. The van der Waals surface area contributed by atoms with Gasteiger partial charge in [0.1, 0.15) is 17.2 Å². The molecule has 136 valence electrons. The molecular weight excluding hydrogens is 353 g/mol. The fourth-order valence-electron chi connectivity index (χ4n) is 3.59. The Kier molecular flexibility index (Phi) is 3.93. The minimum Gasteiger partial charge on any atom is -0.459 e. The minimum atomic E-state index is -3.80. The first kappa shape index (κ1) is 17.2. The summed E-state index contributed by atoms with van der Waals surface area (Å²) in [4.78, 5) is 0.0427. The van der Waals surface area contributed by atoms with Gasteiger partial charge in [-0.1, -0.05) is 13.0 Å². The molecule has 1 N–H and O–H groups in total. The molecule has 4 rings (SSSR count). The number of sulfone groups is 1. The molecule has 3 aromatic rings. The van der Waals surface area contributed by atoms with Gasteiger partial charge >= 0.3 is 0 Å². The molecule has 26 heavy (non-hydrogen) atoms. The highest BCUT2D eigenvalue weighted by molar-refractivity contribution is 7.91. The second-order valence-corrected chi connectivity index (χ2v) is 8.84. The number of furan rings is 1. The van der Waals surface area contributed by atoms with Crippen molar-refractivity contribution in [3.8, 4) is 0 Å².